The highest BCUT2D eigenvalue weighted by atomic mass is 35.5. The van der Waals surface area contributed by atoms with E-state index in [0.717, 1.165) is 56.4 Å². The molecule has 28 heavy (non-hydrogen) atoms. The molecule has 2 aromatic rings. The lowest BCUT2D eigenvalue weighted by Gasteiger charge is -2.31. The molecule has 1 amide bonds. The molecule has 1 fully saturated rings. The lowest BCUT2D eigenvalue weighted by atomic mass is 10.0. The molecule has 2 heterocycles. The monoisotopic (exact) mass is 399 g/mol. The van der Waals surface area contributed by atoms with E-state index in [1.165, 1.54) is 16.9 Å². The Balaban J connectivity index is 1.30. The molecule has 4 rings (SSSR count). The Kier molecular flexibility index (Phi) is 6.03. The predicted octanol–water partition coefficient (Wildman–Crippen LogP) is 3.96. The Morgan fingerprint density at radius 1 is 1.07 bits per heavy atom. The van der Waals surface area contributed by atoms with Crippen molar-refractivity contribution < 1.29 is 9.53 Å². The smallest absolute Gasteiger partial charge is 0.226 e. The van der Waals surface area contributed by atoms with Crippen LogP contribution in [0.3, 0.4) is 0 Å². The van der Waals surface area contributed by atoms with Crippen molar-refractivity contribution in [3.05, 3.63) is 53.1 Å². The first kappa shape index (κ1) is 19.1. The van der Waals surface area contributed by atoms with Gasteiger partial charge in [-0.25, -0.2) is 0 Å². The minimum Gasteiger partial charge on any atom is -0.378 e. The fourth-order valence-corrected chi connectivity index (χ4v) is 4.11. The van der Waals surface area contributed by atoms with Crippen LogP contribution in [0.4, 0.5) is 17.1 Å². The molecule has 148 valence electrons. The maximum Gasteiger partial charge on any atom is 0.226 e. The van der Waals surface area contributed by atoms with Crippen LogP contribution in [0.1, 0.15) is 18.4 Å². The van der Waals surface area contributed by atoms with Crippen LogP contribution in [0, 0.1) is 0 Å². The summed E-state index contributed by atoms with van der Waals surface area (Å²) in [6.07, 6.45) is 2.61. The number of benzene rings is 2. The van der Waals surface area contributed by atoms with Crippen molar-refractivity contribution >= 4 is 34.6 Å². The van der Waals surface area contributed by atoms with Gasteiger partial charge in [-0.1, -0.05) is 11.6 Å². The number of amides is 1. The molecule has 6 heteroatoms. The number of ether oxygens (including phenoxy) is 1. The number of hydrogen-bond acceptors (Lipinski definition) is 4. The van der Waals surface area contributed by atoms with Gasteiger partial charge in [0.05, 0.1) is 13.2 Å². The molecule has 0 radical (unpaired) electrons. The highest BCUT2D eigenvalue weighted by Gasteiger charge is 2.18. The quantitative estimate of drug-likeness (QED) is 0.826. The molecule has 2 aromatic carbocycles. The Morgan fingerprint density at radius 3 is 2.64 bits per heavy atom. The van der Waals surface area contributed by atoms with Gasteiger partial charge < -0.3 is 19.9 Å². The molecule has 1 N–H and O–H groups in total. The van der Waals surface area contributed by atoms with Gasteiger partial charge in [0.1, 0.15) is 0 Å². The van der Waals surface area contributed by atoms with Crippen LogP contribution in [0.25, 0.3) is 0 Å². The number of fused-ring (bicyclic) bond motifs is 1. The van der Waals surface area contributed by atoms with Crippen LogP contribution in [-0.2, 0) is 16.0 Å². The minimum atomic E-state index is 0.0419. The third kappa shape index (κ3) is 4.59. The van der Waals surface area contributed by atoms with E-state index in [1.54, 1.807) is 0 Å². The second-order valence-corrected chi connectivity index (χ2v) is 7.74. The molecule has 0 bridgehead atoms. The average Bonchev–Trinajstić information content (AvgIpc) is 2.73. The number of hydrogen-bond donors (Lipinski definition) is 1. The first-order chi connectivity index (χ1) is 13.7. The van der Waals surface area contributed by atoms with Gasteiger partial charge in [0.15, 0.2) is 0 Å². The van der Waals surface area contributed by atoms with E-state index in [-0.39, 0.29) is 5.91 Å². The summed E-state index contributed by atoms with van der Waals surface area (Å²) in [4.78, 5) is 17.0. The number of carbonyl (C=O) groups excluding carboxylic acids is 1. The third-order valence-corrected chi connectivity index (χ3v) is 5.63. The van der Waals surface area contributed by atoms with Gasteiger partial charge in [-0.05, 0) is 60.9 Å². The molecular weight excluding hydrogens is 374 g/mol. The Hall–Kier alpha value is -2.24. The van der Waals surface area contributed by atoms with E-state index in [1.807, 2.05) is 24.3 Å². The van der Waals surface area contributed by atoms with E-state index in [2.05, 4.69) is 33.3 Å². The summed E-state index contributed by atoms with van der Waals surface area (Å²) in [5.74, 6) is 0.0419. The standard InChI is InChI=1S/C22H26ClN3O2/c23-18-3-8-21-17(16-18)2-1-10-26(21)11-9-22(27)24-19-4-6-20(7-5-19)25-12-14-28-15-13-25/h3-8,16H,1-2,9-15H2,(H,24,27). The van der Waals surface area contributed by atoms with Gasteiger partial charge in [-0.2, -0.15) is 0 Å². The van der Waals surface area contributed by atoms with E-state index in [0.29, 0.717) is 13.0 Å². The number of halogens is 1. The van der Waals surface area contributed by atoms with Gasteiger partial charge >= 0.3 is 0 Å². The van der Waals surface area contributed by atoms with Crippen molar-refractivity contribution in [2.75, 3.05) is 54.5 Å². The molecule has 0 spiro atoms. The molecule has 0 unspecified atom stereocenters. The van der Waals surface area contributed by atoms with E-state index in [9.17, 15) is 4.79 Å². The number of carbonyl (C=O) groups is 1. The van der Waals surface area contributed by atoms with Crippen molar-refractivity contribution in [3.8, 4) is 0 Å². The van der Waals surface area contributed by atoms with Gasteiger partial charge in [0.25, 0.3) is 0 Å². The third-order valence-electron chi connectivity index (χ3n) is 5.39. The van der Waals surface area contributed by atoms with E-state index in [4.69, 9.17) is 16.3 Å². The van der Waals surface area contributed by atoms with Crippen LogP contribution in [0.15, 0.2) is 42.5 Å². The first-order valence-electron chi connectivity index (χ1n) is 9.95. The summed E-state index contributed by atoms with van der Waals surface area (Å²) < 4.78 is 5.39. The molecule has 1 saturated heterocycles. The largest absolute Gasteiger partial charge is 0.378 e. The second kappa shape index (κ2) is 8.84. The SMILES string of the molecule is O=C(CCN1CCCc2cc(Cl)ccc21)Nc1ccc(N2CCOCC2)cc1. The second-order valence-electron chi connectivity index (χ2n) is 7.31. The summed E-state index contributed by atoms with van der Waals surface area (Å²) in [6.45, 7) is 5.06. The molecule has 0 atom stereocenters. The summed E-state index contributed by atoms with van der Waals surface area (Å²) in [6, 6.07) is 14.1. The van der Waals surface area contributed by atoms with Crippen LogP contribution in [-0.4, -0.2) is 45.3 Å². The molecule has 0 aromatic heterocycles. The van der Waals surface area contributed by atoms with Crippen LogP contribution in [0.5, 0.6) is 0 Å². The lowest BCUT2D eigenvalue weighted by molar-refractivity contribution is -0.116. The first-order valence-corrected chi connectivity index (χ1v) is 10.3. The van der Waals surface area contributed by atoms with Crippen molar-refractivity contribution in [3.63, 3.8) is 0 Å². The number of aryl methyl sites for hydroxylation is 1. The Morgan fingerprint density at radius 2 is 1.86 bits per heavy atom. The molecular formula is C22H26ClN3O2. The fourth-order valence-electron chi connectivity index (χ4n) is 3.91. The van der Waals surface area contributed by atoms with Crippen molar-refractivity contribution in [2.24, 2.45) is 0 Å². The normalized spacial score (nSPS) is 16.6. The van der Waals surface area contributed by atoms with Crippen LogP contribution < -0.4 is 15.1 Å². The predicted molar refractivity (Wildman–Crippen MR) is 115 cm³/mol. The Labute approximate surface area is 171 Å². The number of anilines is 3. The molecule has 2 aliphatic rings. The summed E-state index contributed by atoms with van der Waals surface area (Å²) in [5, 5.41) is 3.79. The van der Waals surface area contributed by atoms with Gasteiger partial charge in [0.2, 0.25) is 5.91 Å². The highest BCUT2D eigenvalue weighted by Crippen LogP contribution is 2.29. The maximum absolute atomic E-state index is 12.4. The zero-order valence-electron chi connectivity index (χ0n) is 16.0. The zero-order chi connectivity index (χ0) is 19.3. The van der Waals surface area contributed by atoms with Gasteiger partial charge in [-0.15, -0.1) is 0 Å². The summed E-state index contributed by atoms with van der Waals surface area (Å²) in [5.41, 5.74) is 4.49. The average molecular weight is 400 g/mol. The number of rotatable bonds is 5. The number of morpholine rings is 1. The van der Waals surface area contributed by atoms with Crippen molar-refractivity contribution in [2.45, 2.75) is 19.3 Å². The molecule has 0 aliphatic carbocycles. The maximum atomic E-state index is 12.4. The zero-order valence-corrected chi connectivity index (χ0v) is 16.8. The number of nitrogens with zero attached hydrogens (tertiary/aromatic N) is 2. The molecule has 5 nitrogen and oxygen atoms in total. The molecule has 2 aliphatic heterocycles. The minimum absolute atomic E-state index is 0.0419. The number of nitrogens with one attached hydrogen (secondary N) is 1. The Bertz CT molecular complexity index is 819. The summed E-state index contributed by atoms with van der Waals surface area (Å²) in [7, 11) is 0. The molecule has 0 saturated carbocycles. The van der Waals surface area contributed by atoms with Crippen molar-refractivity contribution in [1.82, 2.24) is 0 Å². The fraction of sp³-hybridized carbons (Fsp3) is 0.409. The lowest BCUT2D eigenvalue weighted by Crippen LogP contribution is -2.36. The van der Waals surface area contributed by atoms with E-state index < -0.39 is 0 Å². The van der Waals surface area contributed by atoms with Crippen molar-refractivity contribution in [1.29, 1.82) is 0 Å². The van der Waals surface area contributed by atoms with Gasteiger partial charge in [0, 0.05) is 54.7 Å². The highest BCUT2D eigenvalue weighted by molar-refractivity contribution is 6.30. The summed E-state index contributed by atoms with van der Waals surface area (Å²) >= 11 is 6.11. The van der Waals surface area contributed by atoms with Crippen LogP contribution >= 0.6 is 11.6 Å². The van der Waals surface area contributed by atoms with E-state index >= 15 is 0 Å². The van der Waals surface area contributed by atoms with Gasteiger partial charge in [-0.3, -0.25) is 4.79 Å². The van der Waals surface area contributed by atoms with Crippen LogP contribution in [0.2, 0.25) is 5.02 Å². The topological polar surface area (TPSA) is 44.8 Å².